The van der Waals surface area contributed by atoms with Gasteiger partial charge in [-0.25, -0.2) is 4.39 Å². The van der Waals surface area contributed by atoms with Crippen LogP contribution in [0, 0.1) is 5.82 Å². The number of nitrogens with zero attached hydrogens (tertiary/aromatic N) is 1. The molecule has 0 heterocycles. The van der Waals surface area contributed by atoms with E-state index in [4.69, 9.17) is 4.74 Å². The molecule has 0 unspecified atom stereocenters. The van der Waals surface area contributed by atoms with Crippen LogP contribution in [-0.2, 0) is 17.8 Å². The number of rotatable bonds is 6. The molecule has 0 saturated heterocycles. The summed E-state index contributed by atoms with van der Waals surface area (Å²) in [5.74, 6) is -0.138. The number of ether oxygens (including phenoxy) is 1. The number of methoxy groups -OCH3 is 1. The minimum absolute atomic E-state index is 0.0417. The minimum Gasteiger partial charge on any atom is -0.494 e. The third kappa shape index (κ3) is 4.32. The maximum Gasteiger partial charge on any atom is 0.222 e. The summed E-state index contributed by atoms with van der Waals surface area (Å²) in [6.07, 6.45) is 0.869. The zero-order chi connectivity index (χ0) is 15.9. The Hall–Kier alpha value is -2.36. The molecule has 0 fully saturated rings. The van der Waals surface area contributed by atoms with E-state index in [1.807, 2.05) is 30.3 Å². The van der Waals surface area contributed by atoms with Crippen molar-refractivity contribution in [3.63, 3.8) is 0 Å². The van der Waals surface area contributed by atoms with E-state index in [1.54, 1.807) is 24.1 Å². The summed E-state index contributed by atoms with van der Waals surface area (Å²) in [6.45, 7) is 0.580. The van der Waals surface area contributed by atoms with E-state index < -0.39 is 5.82 Å². The summed E-state index contributed by atoms with van der Waals surface area (Å²) in [5.41, 5.74) is 1.88. The molecule has 116 valence electrons. The van der Waals surface area contributed by atoms with Crippen molar-refractivity contribution in [1.82, 2.24) is 4.90 Å². The Kier molecular flexibility index (Phi) is 5.53. The van der Waals surface area contributed by atoms with Crippen molar-refractivity contribution >= 4 is 5.91 Å². The fraction of sp³-hybridized carbons (Fsp3) is 0.278. The maximum absolute atomic E-state index is 13.6. The van der Waals surface area contributed by atoms with Crippen molar-refractivity contribution in [1.29, 1.82) is 0 Å². The average Bonchev–Trinajstić information content (AvgIpc) is 2.53. The Bertz CT molecular complexity index is 628. The van der Waals surface area contributed by atoms with E-state index in [2.05, 4.69) is 0 Å². The topological polar surface area (TPSA) is 29.5 Å². The second-order valence-electron chi connectivity index (χ2n) is 5.20. The smallest absolute Gasteiger partial charge is 0.222 e. The lowest BCUT2D eigenvalue weighted by Gasteiger charge is -2.17. The predicted octanol–water partition coefficient (Wildman–Crippen LogP) is 3.43. The molecule has 2 aromatic carbocycles. The van der Waals surface area contributed by atoms with E-state index in [0.29, 0.717) is 19.4 Å². The molecule has 3 nitrogen and oxygen atoms in total. The van der Waals surface area contributed by atoms with Gasteiger partial charge in [-0.1, -0.05) is 36.4 Å². The molecular formula is C18H20FNO2. The Balaban J connectivity index is 1.88. The third-order valence-electron chi connectivity index (χ3n) is 3.53. The molecule has 0 aromatic heterocycles. The maximum atomic E-state index is 13.6. The second kappa shape index (κ2) is 7.59. The molecule has 2 rings (SSSR count). The van der Waals surface area contributed by atoms with Gasteiger partial charge in [0.2, 0.25) is 5.91 Å². The van der Waals surface area contributed by atoms with Gasteiger partial charge in [-0.3, -0.25) is 4.79 Å². The lowest BCUT2D eigenvalue weighted by atomic mass is 10.1. The van der Waals surface area contributed by atoms with Crippen LogP contribution in [0.4, 0.5) is 4.39 Å². The summed E-state index contributed by atoms with van der Waals surface area (Å²) in [5, 5.41) is 0. The van der Waals surface area contributed by atoms with E-state index in [0.717, 1.165) is 11.1 Å². The van der Waals surface area contributed by atoms with Gasteiger partial charge in [-0.05, 0) is 29.7 Å². The molecule has 22 heavy (non-hydrogen) atoms. The van der Waals surface area contributed by atoms with Crippen LogP contribution in [0.15, 0.2) is 48.5 Å². The van der Waals surface area contributed by atoms with Crippen molar-refractivity contribution in [2.24, 2.45) is 0 Å². The number of carbonyl (C=O) groups is 1. The molecular weight excluding hydrogens is 281 g/mol. The molecule has 0 spiro atoms. The van der Waals surface area contributed by atoms with Gasteiger partial charge in [0.1, 0.15) is 0 Å². The van der Waals surface area contributed by atoms with Crippen LogP contribution in [-0.4, -0.2) is 25.0 Å². The van der Waals surface area contributed by atoms with Gasteiger partial charge in [0.05, 0.1) is 7.11 Å². The van der Waals surface area contributed by atoms with Crippen LogP contribution in [0.1, 0.15) is 17.5 Å². The summed E-state index contributed by atoms with van der Waals surface area (Å²) in [4.78, 5) is 13.8. The lowest BCUT2D eigenvalue weighted by molar-refractivity contribution is -0.130. The highest BCUT2D eigenvalue weighted by atomic mass is 19.1. The van der Waals surface area contributed by atoms with Crippen LogP contribution in [0.2, 0.25) is 0 Å². The van der Waals surface area contributed by atoms with Gasteiger partial charge in [-0.15, -0.1) is 0 Å². The van der Waals surface area contributed by atoms with Crippen molar-refractivity contribution < 1.29 is 13.9 Å². The van der Waals surface area contributed by atoms with E-state index in [-0.39, 0.29) is 11.7 Å². The Morgan fingerprint density at radius 2 is 1.86 bits per heavy atom. The Morgan fingerprint density at radius 3 is 2.50 bits per heavy atom. The van der Waals surface area contributed by atoms with Crippen LogP contribution < -0.4 is 4.74 Å². The molecule has 0 aliphatic rings. The zero-order valence-corrected chi connectivity index (χ0v) is 12.9. The summed E-state index contributed by atoms with van der Waals surface area (Å²) < 4.78 is 18.5. The molecule has 0 saturated carbocycles. The van der Waals surface area contributed by atoms with Gasteiger partial charge in [0, 0.05) is 20.0 Å². The fourth-order valence-electron chi connectivity index (χ4n) is 2.25. The second-order valence-corrected chi connectivity index (χ2v) is 5.20. The first-order valence-electron chi connectivity index (χ1n) is 7.20. The number of carbonyl (C=O) groups excluding carboxylic acids is 1. The third-order valence-corrected chi connectivity index (χ3v) is 3.53. The highest BCUT2D eigenvalue weighted by Gasteiger charge is 2.10. The molecule has 2 aromatic rings. The number of hydrogen-bond donors (Lipinski definition) is 0. The standard InChI is InChI=1S/C18H20FNO2/c1-20(13-15-6-4-3-5-7-15)18(21)11-9-14-8-10-17(22-2)16(19)12-14/h3-8,10,12H,9,11,13H2,1-2H3. The first kappa shape index (κ1) is 16.0. The van der Waals surface area contributed by atoms with Crippen molar-refractivity contribution in [3.8, 4) is 5.75 Å². The number of aryl methyl sites for hydroxylation is 1. The van der Waals surface area contributed by atoms with Gasteiger partial charge in [-0.2, -0.15) is 0 Å². The first-order valence-corrected chi connectivity index (χ1v) is 7.20. The molecule has 0 aliphatic heterocycles. The largest absolute Gasteiger partial charge is 0.494 e. The Morgan fingerprint density at radius 1 is 1.14 bits per heavy atom. The molecule has 4 heteroatoms. The van der Waals surface area contributed by atoms with Crippen molar-refractivity contribution in [2.45, 2.75) is 19.4 Å². The van der Waals surface area contributed by atoms with Crippen LogP contribution in [0.25, 0.3) is 0 Å². The highest BCUT2D eigenvalue weighted by molar-refractivity contribution is 5.76. The van der Waals surface area contributed by atoms with Crippen LogP contribution in [0.5, 0.6) is 5.75 Å². The molecule has 0 aliphatic carbocycles. The Labute approximate surface area is 130 Å². The summed E-state index contributed by atoms with van der Waals surface area (Å²) in [6, 6.07) is 14.6. The fourth-order valence-corrected chi connectivity index (χ4v) is 2.25. The van der Waals surface area contributed by atoms with E-state index >= 15 is 0 Å². The normalized spacial score (nSPS) is 10.3. The van der Waals surface area contributed by atoms with Gasteiger partial charge < -0.3 is 9.64 Å². The summed E-state index contributed by atoms with van der Waals surface area (Å²) >= 11 is 0. The quantitative estimate of drug-likeness (QED) is 0.818. The van der Waals surface area contributed by atoms with Gasteiger partial charge in [0.15, 0.2) is 11.6 Å². The van der Waals surface area contributed by atoms with Crippen LogP contribution >= 0.6 is 0 Å². The molecule has 1 amide bonds. The number of halogens is 1. The van der Waals surface area contributed by atoms with E-state index in [9.17, 15) is 9.18 Å². The molecule has 0 bridgehead atoms. The molecule has 0 radical (unpaired) electrons. The van der Waals surface area contributed by atoms with E-state index in [1.165, 1.54) is 13.2 Å². The van der Waals surface area contributed by atoms with Gasteiger partial charge in [0.25, 0.3) is 0 Å². The predicted molar refractivity (Wildman–Crippen MR) is 84.2 cm³/mol. The molecule has 0 atom stereocenters. The van der Waals surface area contributed by atoms with Gasteiger partial charge >= 0.3 is 0 Å². The van der Waals surface area contributed by atoms with Crippen molar-refractivity contribution in [3.05, 3.63) is 65.5 Å². The highest BCUT2D eigenvalue weighted by Crippen LogP contribution is 2.18. The zero-order valence-electron chi connectivity index (χ0n) is 12.9. The number of hydrogen-bond acceptors (Lipinski definition) is 2. The minimum atomic E-state index is -0.398. The average molecular weight is 301 g/mol. The number of benzene rings is 2. The molecule has 0 N–H and O–H groups in total. The number of amides is 1. The van der Waals surface area contributed by atoms with Crippen LogP contribution in [0.3, 0.4) is 0 Å². The lowest BCUT2D eigenvalue weighted by Crippen LogP contribution is -2.26. The summed E-state index contributed by atoms with van der Waals surface area (Å²) in [7, 11) is 3.21. The van der Waals surface area contributed by atoms with Crippen molar-refractivity contribution in [2.75, 3.05) is 14.2 Å². The monoisotopic (exact) mass is 301 g/mol. The first-order chi connectivity index (χ1) is 10.6. The SMILES string of the molecule is COc1ccc(CCC(=O)N(C)Cc2ccccc2)cc1F.